The summed E-state index contributed by atoms with van der Waals surface area (Å²) in [6.45, 7) is 3.53. The molecule has 0 bridgehead atoms. The summed E-state index contributed by atoms with van der Waals surface area (Å²) >= 11 is 5.69. The van der Waals surface area contributed by atoms with E-state index in [1.807, 2.05) is 5.32 Å². The van der Waals surface area contributed by atoms with Gasteiger partial charge in [0, 0.05) is 22.5 Å². The van der Waals surface area contributed by atoms with Gasteiger partial charge in [-0.3, -0.25) is 4.79 Å². The number of hydrogen-bond acceptors (Lipinski definition) is 3. The second-order valence-corrected chi connectivity index (χ2v) is 7.41. The molecule has 1 heterocycles. The smallest absolute Gasteiger partial charge is 0.449 e. The van der Waals surface area contributed by atoms with Crippen LogP contribution in [0.1, 0.15) is 34.6 Å². The molecule has 3 rings (SSSR count). The highest BCUT2D eigenvalue weighted by Crippen LogP contribution is 2.35. The number of carboxylic acid groups (broad SMARTS) is 1. The van der Waals surface area contributed by atoms with Crippen molar-refractivity contribution in [1.29, 1.82) is 0 Å². The fourth-order valence-electron chi connectivity index (χ4n) is 3.43. The maximum atomic E-state index is 13.7. The van der Waals surface area contributed by atoms with Gasteiger partial charge in [-0.15, -0.1) is 0 Å². The van der Waals surface area contributed by atoms with Crippen molar-refractivity contribution in [3.63, 3.8) is 0 Å². The molecular weight excluding hydrogens is 456 g/mol. The molecule has 0 fully saturated rings. The summed E-state index contributed by atoms with van der Waals surface area (Å²) in [6, 6.07) is 4.22. The van der Waals surface area contributed by atoms with E-state index < -0.39 is 35.7 Å². The lowest BCUT2D eigenvalue weighted by molar-refractivity contribution is -0.155. The lowest BCUT2D eigenvalue weighted by Crippen LogP contribution is -2.39. The van der Waals surface area contributed by atoms with Crippen LogP contribution in [0.15, 0.2) is 36.4 Å². The average Bonchev–Trinajstić information content (AvgIpc) is 3.01. The molecule has 0 aliphatic heterocycles. The topological polar surface area (TPSA) is 80.6 Å². The third kappa shape index (κ3) is 4.80. The van der Waals surface area contributed by atoms with E-state index in [0.29, 0.717) is 22.5 Å². The van der Waals surface area contributed by atoms with Gasteiger partial charge in [0.1, 0.15) is 17.3 Å². The van der Waals surface area contributed by atoms with E-state index in [4.69, 9.17) is 21.4 Å². The normalized spacial score (nSPS) is 12.6. The minimum absolute atomic E-state index is 0.0350. The van der Waals surface area contributed by atoms with Crippen LogP contribution in [0.25, 0.3) is 10.9 Å². The van der Waals surface area contributed by atoms with E-state index in [-0.39, 0.29) is 23.0 Å². The van der Waals surface area contributed by atoms with Crippen LogP contribution < -0.4 is 10.1 Å². The van der Waals surface area contributed by atoms with Crippen LogP contribution >= 0.6 is 11.6 Å². The van der Waals surface area contributed by atoms with Crippen LogP contribution in [0, 0.1) is 12.7 Å². The van der Waals surface area contributed by atoms with Gasteiger partial charge in [-0.25, -0.2) is 9.18 Å². The zero-order valence-corrected chi connectivity index (χ0v) is 17.5. The molecule has 11 heteroatoms. The summed E-state index contributed by atoms with van der Waals surface area (Å²) < 4.78 is 60.9. The number of alkyl halides is 3. The van der Waals surface area contributed by atoms with E-state index in [9.17, 15) is 27.2 Å². The number of hydrogen-bond donors (Lipinski definition) is 2. The monoisotopic (exact) mass is 472 g/mol. The summed E-state index contributed by atoms with van der Waals surface area (Å²) in [5.41, 5.74) is 0.321. The van der Waals surface area contributed by atoms with Gasteiger partial charge in [-0.1, -0.05) is 11.6 Å². The van der Waals surface area contributed by atoms with Crippen LogP contribution in [0.3, 0.4) is 0 Å². The van der Waals surface area contributed by atoms with Gasteiger partial charge in [-0.2, -0.15) is 13.2 Å². The maximum absolute atomic E-state index is 13.7. The van der Waals surface area contributed by atoms with Crippen LogP contribution in [0.2, 0.25) is 5.02 Å². The van der Waals surface area contributed by atoms with Crippen molar-refractivity contribution in [2.24, 2.45) is 0 Å². The highest BCUT2D eigenvalue weighted by atomic mass is 35.5. The van der Waals surface area contributed by atoms with Gasteiger partial charge in [0.25, 0.3) is 5.91 Å². The molecule has 170 valence electrons. The van der Waals surface area contributed by atoms with Crippen LogP contribution in [0.5, 0.6) is 5.75 Å². The van der Waals surface area contributed by atoms with E-state index in [0.717, 1.165) is 12.1 Å². The van der Waals surface area contributed by atoms with Crippen LogP contribution in [-0.4, -0.2) is 27.9 Å². The van der Waals surface area contributed by atoms with Crippen molar-refractivity contribution in [1.82, 2.24) is 9.88 Å². The van der Waals surface area contributed by atoms with Gasteiger partial charge >= 0.3 is 12.3 Å². The zero-order valence-electron chi connectivity index (χ0n) is 16.8. The average molecular weight is 473 g/mol. The molecule has 0 saturated heterocycles. The highest BCUT2D eigenvalue weighted by Gasteiger charge is 2.42. The predicted molar refractivity (Wildman–Crippen MR) is 109 cm³/mol. The molecule has 1 amide bonds. The molecule has 1 unspecified atom stereocenters. The molecule has 0 aliphatic carbocycles. The maximum Gasteiger partial charge on any atom is 0.511 e. The third-order valence-corrected chi connectivity index (χ3v) is 4.98. The molecule has 2 aromatic carbocycles. The number of halogens is 5. The van der Waals surface area contributed by atoms with Crippen molar-refractivity contribution in [2.45, 2.75) is 32.6 Å². The molecule has 32 heavy (non-hydrogen) atoms. The van der Waals surface area contributed by atoms with Gasteiger partial charge in [0.05, 0.1) is 0 Å². The molecule has 0 radical (unpaired) electrons. The van der Waals surface area contributed by atoms with Crippen molar-refractivity contribution in [3.8, 4) is 5.75 Å². The quantitative estimate of drug-likeness (QED) is 0.277. The Labute approximate surface area is 184 Å². The van der Waals surface area contributed by atoms with Gasteiger partial charge in [-0.05, 0) is 61.4 Å². The van der Waals surface area contributed by atoms with Crippen molar-refractivity contribution >= 4 is 34.6 Å². The number of carbonyl (C=O) groups excluding carboxylic acids is 1. The Bertz CT molecular complexity index is 1190. The number of carbonyl (C=O) groups is 2. The Balaban J connectivity index is 2.04. The first-order valence-electron chi connectivity index (χ1n) is 9.29. The largest absolute Gasteiger partial charge is 0.511 e. The van der Waals surface area contributed by atoms with Crippen LogP contribution in [0.4, 0.5) is 22.4 Å². The van der Waals surface area contributed by atoms with Crippen LogP contribution in [-0.2, 0) is 6.54 Å². The molecule has 2 N–H and O–H groups in total. The molecule has 6 nitrogen and oxygen atoms in total. The molecular formula is C21H17ClF4N2O4. The molecule has 0 spiro atoms. The number of aryl methyl sites for hydroxylation is 2. The minimum atomic E-state index is -4.92. The number of aromatic nitrogens is 1. The summed E-state index contributed by atoms with van der Waals surface area (Å²) in [7, 11) is 0. The molecule has 1 aromatic heterocycles. The zero-order chi connectivity index (χ0) is 23.8. The lowest BCUT2D eigenvalue weighted by atomic mass is 10.1. The van der Waals surface area contributed by atoms with Gasteiger partial charge in [0.15, 0.2) is 6.04 Å². The Hall–Kier alpha value is -3.27. The number of nitrogens with one attached hydrogen (secondary N) is 1. The highest BCUT2D eigenvalue weighted by molar-refractivity contribution is 6.30. The van der Waals surface area contributed by atoms with E-state index in [1.165, 1.54) is 16.7 Å². The van der Waals surface area contributed by atoms with Crippen molar-refractivity contribution in [2.75, 3.05) is 0 Å². The SMILES string of the molecule is CCn1c(C(=O)NC(c2cc(F)cc(Cl)c2)C(F)(F)F)cc2cc(OC(=O)O)c(C)cc21. The molecule has 0 aliphatic rings. The number of fused-ring (bicyclic) bond motifs is 1. The summed E-state index contributed by atoms with van der Waals surface area (Å²) in [6.07, 6.45) is -6.45. The van der Waals surface area contributed by atoms with E-state index >= 15 is 0 Å². The molecule has 1 atom stereocenters. The number of amides is 1. The number of rotatable bonds is 5. The standard InChI is InChI=1S/C21H17ClF4N2O4/c1-3-28-15-4-10(2)17(32-20(30)31)8-11(15)7-16(28)19(29)27-18(21(24,25)26)12-5-13(22)9-14(23)6-12/h4-9,18H,3H2,1-2H3,(H,27,29)(H,30,31). The summed E-state index contributed by atoms with van der Waals surface area (Å²) in [4.78, 5) is 23.7. The number of nitrogens with zero attached hydrogens (tertiary/aromatic N) is 1. The fraction of sp³-hybridized carbons (Fsp3) is 0.238. The summed E-state index contributed by atoms with van der Waals surface area (Å²) in [5, 5.41) is 10.9. The Morgan fingerprint density at radius 1 is 1.19 bits per heavy atom. The fourth-order valence-corrected chi connectivity index (χ4v) is 3.66. The first-order chi connectivity index (χ1) is 14.9. The lowest BCUT2D eigenvalue weighted by Gasteiger charge is -2.22. The number of ether oxygens (including phenoxy) is 1. The second-order valence-electron chi connectivity index (χ2n) is 6.97. The van der Waals surface area contributed by atoms with Gasteiger partial charge < -0.3 is 19.7 Å². The Kier molecular flexibility index (Phi) is 6.36. The molecule has 0 saturated carbocycles. The Morgan fingerprint density at radius 3 is 2.44 bits per heavy atom. The third-order valence-electron chi connectivity index (χ3n) is 4.77. The summed E-state index contributed by atoms with van der Waals surface area (Å²) in [5.74, 6) is -1.99. The second kappa shape index (κ2) is 8.70. The Morgan fingerprint density at radius 2 is 1.88 bits per heavy atom. The first kappa shape index (κ1) is 23.4. The number of benzene rings is 2. The predicted octanol–water partition coefficient (Wildman–Crippen LogP) is 5.85. The van der Waals surface area contributed by atoms with Gasteiger partial charge in [0.2, 0.25) is 0 Å². The van der Waals surface area contributed by atoms with Crippen molar-refractivity contribution < 1.29 is 37.0 Å². The first-order valence-corrected chi connectivity index (χ1v) is 9.66. The van der Waals surface area contributed by atoms with Crippen molar-refractivity contribution in [3.05, 3.63) is 64.1 Å². The molecule has 3 aromatic rings. The minimum Gasteiger partial charge on any atom is -0.449 e. The van der Waals surface area contributed by atoms with E-state index in [1.54, 1.807) is 19.9 Å². The van der Waals surface area contributed by atoms with E-state index in [2.05, 4.69) is 0 Å².